The second kappa shape index (κ2) is 6.45. The summed E-state index contributed by atoms with van der Waals surface area (Å²) in [5.41, 5.74) is 0.947. The summed E-state index contributed by atoms with van der Waals surface area (Å²) >= 11 is 5.92. The van der Waals surface area contributed by atoms with Gasteiger partial charge < -0.3 is 9.15 Å². The first-order chi connectivity index (χ1) is 11.9. The minimum Gasteiger partial charge on any atom is -0.495 e. The Bertz CT molecular complexity index is 1100. The van der Waals surface area contributed by atoms with Gasteiger partial charge in [-0.15, -0.1) is 0 Å². The van der Waals surface area contributed by atoms with Crippen molar-refractivity contribution in [2.75, 3.05) is 11.8 Å². The highest BCUT2D eigenvalue weighted by atomic mass is 35.5. The maximum Gasteiger partial charge on any atom is 0.419 e. The zero-order valence-electron chi connectivity index (χ0n) is 13.4. The zero-order chi connectivity index (χ0) is 18.2. The van der Waals surface area contributed by atoms with Gasteiger partial charge in [0.1, 0.15) is 5.75 Å². The standard InChI is InChI=1S/C16H15ClN2O5S/c1-3-19-13-6-5-11(9-15(13)24-16(19)20)25(21,22)18-12-8-10(17)4-7-14(12)23-2/h4-9,18H,3H2,1-2H3. The maximum absolute atomic E-state index is 12.6. The predicted octanol–water partition coefficient (Wildman–Crippen LogP) is 3.08. The lowest BCUT2D eigenvalue weighted by Gasteiger charge is -2.12. The molecule has 0 aliphatic rings. The summed E-state index contributed by atoms with van der Waals surface area (Å²) in [5, 5.41) is 0.361. The van der Waals surface area contributed by atoms with Crippen molar-refractivity contribution in [2.24, 2.45) is 0 Å². The molecule has 25 heavy (non-hydrogen) atoms. The van der Waals surface area contributed by atoms with Crippen LogP contribution in [-0.2, 0) is 16.6 Å². The van der Waals surface area contributed by atoms with Crippen LogP contribution < -0.4 is 15.2 Å². The number of oxazole rings is 1. The molecule has 0 amide bonds. The van der Waals surface area contributed by atoms with Gasteiger partial charge >= 0.3 is 5.76 Å². The topological polar surface area (TPSA) is 90.5 Å². The van der Waals surface area contributed by atoms with E-state index in [1.54, 1.807) is 19.1 Å². The van der Waals surface area contributed by atoms with Crippen LogP contribution in [0, 0.1) is 0 Å². The number of fused-ring (bicyclic) bond motifs is 1. The van der Waals surface area contributed by atoms with Crippen molar-refractivity contribution in [3.05, 3.63) is 52.0 Å². The van der Waals surface area contributed by atoms with E-state index in [2.05, 4.69) is 4.72 Å². The van der Waals surface area contributed by atoms with Crippen molar-refractivity contribution in [1.82, 2.24) is 4.57 Å². The number of nitrogens with zero attached hydrogens (tertiary/aromatic N) is 1. The van der Waals surface area contributed by atoms with Crippen LogP contribution in [0.15, 0.2) is 50.5 Å². The largest absolute Gasteiger partial charge is 0.495 e. The lowest BCUT2D eigenvalue weighted by Crippen LogP contribution is -2.14. The first-order valence-corrected chi connectivity index (χ1v) is 9.21. The summed E-state index contributed by atoms with van der Waals surface area (Å²) in [6.07, 6.45) is 0. The predicted molar refractivity (Wildman–Crippen MR) is 95.0 cm³/mol. The van der Waals surface area contributed by atoms with E-state index in [0.29, 0.717) is 22.8 Å². The summed E-state index contributed by atoms with van der Waals surface area (Å²) in [7, 11) is -2.50. The van der Waals surface area contributed by atoms with Gasteiger partial charge in [-0.25, -0.2) is 13.2 Å². The van der Waals surface area contributed by atoms with Gasteiger partial charge in [-0.2, -0.15) is 0 Å². The quantitative estimate of drug-likeness (QED) is 0.732. The van der Waals surface area contributed by atoms with E-state index >= 15 is 0 Å². The molecule has 0 aliphatic heterocycles. The number of rotatable bonds is 5. The van der Waals surface area contributed by atoms with Crippen LogP contribution in [0.4, 0.5) is 5.69 Å². The number of methoxy groups -OCH3 is 1. The van der Waals surface area contributed by atoms with Crippen LogP contribution in [0.2, 0.25) is 5.02 Å². The molecular weight excluding hydrogens is 368 g/mol. The maximum atomic E-state index is 12.6. The number of nitrogens with one attached hydrogen (secondary N) is 1. The summed E-state index contributed by atoms with van der Waals surface area (Å²) in [5.74, 6) is -0.200. The molecule has 0 bridgehead atoms. The van der Waals surface area contributed by atoms with Gasteiger partial charge in [0.2, 0.25) is 0 Å². The van der Waals surface area contributed by atoms with Crippen LogP contribution in [-0.4, -0.2) is 20.1 Å². The molecule has 0 saturated carbocycles. The van der Waals surface area contributed by atoms with E-state index in [9.17, 15) is 13.2 Å². The number of benzene rings is 2. The molecule has 132 valence electrons. The highest BCUT2D eigenvalue weighted by molar-refractivity contribution is 7.92. The highest BCUT2D eigenvalue weighted by Gasteiger charge is 2.19. The zero-order valence-corrected chi connectivity index (χ0v) is 15.0. The first kappa shape index (κ1) is 17.4. The number of aryl methyl sites for hydroxylation is 1. The van der Waals surface area contributed by atoms with E-state index in [0.717, 1.165) is 0 Å². The minimum absolute atomic E-state index is 0.0426. The molecule has 0 saturated heterocycles. The Balaban J connectivity index is 2.05. The van der Waals surface area contributed by atoms with Crippen molar-refractivity contribution in [2.45, 2.75) is 18.4 Å². The van der Waals surface area contributed by atoms with Crippen molar-refractivity contribution < 1.29 is 17.6 Å². The summed E-state index contributed by atoms with van der Waals surface area (Å²) in [6, 6.07) is 8.85. The van der Waals surface area contributed by atoms with Crippen LogP contribution in [0.1, 0.15) is 6.92 Å². The van der Waals surface area contributed by atoms with E-state index in [4.69, 9.17) is 20.8 Å². The third kappa shape index (κ3) is 3.22. The van der Waals surface area contributed by atoms with Crippen LogP contribution >= 0.6 is 11.6 Å². The molecule has 0 atom stereocenters. The molecule has 0 aliphatic carbocycles. The van der Waals surface area contributed by atoms with Crippen molar-refractivity contribution in [3.63, 3.8) is 0 Å². The van der Waals surface area contributed by atoms with E-state index in [1.807, 2.05) is 0 Å². The number of hydrogen-bond donors (Lipinski definition) is 1. The molecule has 0 fully saturated rings. The summed E-state index contributed by atoms with van der Waals surface area (Å²) < 4.78 is 39.4. The fraction of sp³-hybridized carbons (Fsp3) is 0.188. The number of aromatic nitrogens is 1. The highest BCUT2D eigenvalue weighted by Crippen LogP contribution is 2.30. The van der Waals surface area contributed by atoms with Crippen molar-refractivity contribution in [1.29, 1.82) is 0 Å². The molecule has 0 radical (unpaired) electrons. The van der Waals surface area contributed by atoms with Gasteiger partial charge in [0, 0.05) is 17.6 Å². The van der Waals surface area contributed by atoms with E-state index in [-0.39, 0.29) is 16.2 Å². The number of halogens is 1. The van der Waals surface area contributed by atoms with Gasteiger partial charge in [-0.3, -0.25) is 9.29 Å². The van der Waals surface area contributed by atoms with Crippen LogP contribution in [0.3, 0.4) is 0 Å². The van der Waals surface area contributed by atoms with Gasteiger partial charge in [0.15, 0.2) is 5.58 Å². The monoisotopic (exact) mass is 382 g/mol. The Morgan fingerprint density at radius 3 is 2.68 bits per heavy atom. The lowest BCUT2D eigenvalue weighted by atomic mass is 10.3. The number of ether oxygens (including phenoxy) is 1. The molecule has 2 aromatic carbocycles. The minimum atomic E-state index is -3.92. The fourth-order valence-corrected chi connectivity index (χ4v) is 3.73. The molecule has 1 N–H and O–H groups in total. The Labute approximate surface area is 148 Å². The Hall–Kier alpha value is -2.45. The molecule has 1 aromatic heterocycles. The Kier molecular flexibility index (Phi) is 4.49. The van der Waals surface area contributed by atoms with Crippen molar-refractivity contribution >= 4 is 38.4 Å². The van der Waals surface area contributed by atoms with Crippen LogP contribution in [0.5, 0.6) is 5.75 Å². The summed E-state index contributed by atoms with van der Waals surface area (Å²) in [4.78, 5) is 11.7. The van der Waals surface area contributed by atoms with Gasteiger partial charge in [0.05, 0.1) is 23.2 Å². The van der Waals surface area contributed by atoms with Gasteiger partial charge in [-0.05, 0) is 37.3 Å². The van der Waals surface area contributed by atoms with Crippen molar-refractivity contribution in [3.8, 4) is 5.75 Å². The third-order valence-corrected chi connectivity index (χ3v) is 5.27. The Morgan fingerprint density at radius 2 is 2.00 bits per heavy atom. The van der Waals surface area contributed by atoms with Gasteiger partial charge in [0.25, 0.3) is 10.0 Å². The SMILES string of the molecule is CCn1c(=O)oc2cc(S(=O)(=O)Nc3cc(Cl)ccc3OC)ccc21. The lowest BCUT2D eigenvalue weighted by molar-refractivity contribution is 0.417. The Morgan fingerprint density at radius 1 is 1.24 bits per heavy atom. The summed E-state index contributed by atoms with van der Waals surface area (Å²) in [6.45, 7) is 2.23. The normalized spacial score (nSPS) is 11.6. The van der Waals surface area contributed by atoms with E-state index in [1.165, 1.54) is 35.9 Å². The van der Waals surface area contributed by atoms with Crippen LogP contribution in [0.25, 0.3) is 11.1 Å². The smallest absolute Gasteiger partial charge is 0.419 e. The second-order valence-corrected chi connectivity index (χ2v) is 7.31. The molecule has 9 heteroatoms. The molecule has 3 aromatic rings. The molecule has 0 spiro atoms. The third-order valence-electron chi connectivity index (χ3n) is 3.67. The average Bonchev–Trinajstić information content (AvgIpc) is 2.88. The molecule has 7 nitrogen and oxygen atoms in total. The molecule has 1 heterocycles. The number of sulfonamides is 1. The molecule has 0 unspecified atom stereocenters. The van der Waals surface area contributed by atoms with E-state index < -0.39 is 15.8 Å². The fourth-order valence-electron chi connectivity index (χ4n) is 2.48. The first-order valence-electron chi connectivity index (χ1n) is 7.35. The van der Waals surface area contributed by atoms with Gasteiger partial charge in [-0.1, -0.05) is 11.6 Å². The number of anilines is 1. The number of hydrogen-bond acceptors (Lipinski definition) is 5. The second-order valence-electron chi connectivity index (χ2n) is 5.19. The molecule has 3 rings (SSSR count). The average molecular weight is 383 g/mol. The molecular formula is C16H15ClN2O5S.